The third kappa shape index (κ3) is 4.03. The number of hydrogen-bond acceptors (Lipinski definition) is 2. The Morgan fingerprint density at radius 3 is 2.58 bits per heavy atom. The van der Waals surface area contributed by atoms with Gasteiger partial charge in [-0.3, -0.25) is 0 Å². The van der Waals surface area contributed by atoms with Gasteiger partial charge in [0.2, 0.25) is 0 Å². The highest BCUT2D eigenvalue weighted by atomic mass is 15.2. The Morgan fingerprint density at radius 2 is 2.00 bits per heavy atom. The molecule has 2 rings (SSSR count). The summed E-state index contributed by atoms with van der Waals surface area (Å²) in [7, 11) is 0. The Bertz CT molecular complexity index is 561. The third-order valence-electron chi connectivity index (χ3n) is 5.89. The molecule has 0 radical (unpaired) electrons. The molecule has 2 atom stereocenters. The number of hydrogen-bond donors (Lipinski definition) is 0. The van der Waals surface area contributed by atoms with Gasteiger partial charge >= 0.3 is 0 Å². The van der Waals surface area contributed by atoms with Crippen LogP contribution in [0.25, 0.3) is 0 Å². The van der Waals surface area contributed by atoms with Gasteiger partial charge in [0.25, 0.3) is 0 Å². The van der Waals surface area contributed by atoms with Crippen LogP contribution < -0.4 is 4.90 Å². The van der Waals surface area contributed by atoms with Crippen molar-refractivity contribution in [3.63, 3.8) is 0 Å². The molecule has 1 aliphatic heterocycles. The molecule has 0 amide bonds. The molecule has 1 fully saturated rings. The van der Waals surface area contributed by atoms with E-state index in [9.17, 15) is 0 Å². The third-order valence-corrected chi connectivity index (χ3v) is 5.89. The van der Waals surface area contributed by atoms with Crippen LogP contribution >= 0.6 is 0 Å². The fourth-order valence-electron chi connectivity index (χ4n) is 4.44. The zero-order valence-electron chi connectivity index (χ0n) is 16.6. The summed E-state index contributed by atoms with van der Waals surface area (Å²) in [6.45, 7) is 21.7. The summed E-state index contributed by atoms with van der Waals surface area (Å²) in [6, 6.07) is 7.26. The van der Waals surface area contributed by atoms with Gasteiger partial charge in [-0.15, -0.1) is 0 Å². The van der Waals surface area contributed by atoms with Crippen molar-refractivity contribution in [2.24, 2.45) is 11.3 Å². The maximum Gasteiger partial charge on any atom is 0.0438 e. The van der Waals surface area contributed by atoms with Crippen LogP contribution in [0, 0.1) is 25.2 Å². The molecule has 2 heteroatoms. The van der Waals surface area contributed by atoms with E-state index < -0.39 is 0 Å². The van der Waals surface area contributed by atoms with Crippen molar-refractivity contribution in [1.29, 1.82) is 0 Å². The van der Waals surface area contributed by atoms with E-state index >= 15 is 0 Å². The Kier molecular flexibility index (Phi) is 6.14. The molecule has 24 heavy (non-hydrogen) atoms. The average Bonchev–Trinajstić information content (AvgIpc) is 2.51. The van der Waals surface area contributed by atoms with Crippen LogP contribution in [0.4, 0.5) is 5.69 Å². The minimum atomic E-state index is 0.249. The van der Waals surface area contributed by atoms with Crippen LogP contribution in [0.5, 0.6) is 0 Å². The standard InChI is InChI=1S/C22H36N2/c1-8-23-14-12-18(4)21(22(6,7)13-15-23)24(9-2)20-11-10-17(3)16-19(20)5/h9-11,16,18,21H,2,8,12-15H2,1,3-7H3. The van der Waals surface area contributed by atoms with E-state index in [0.717, 1.165) is 6.54 Å². The number of nitrogens with zero attached hydrogens (tertiary/aromatic N) is 2. The molecule has 2 unspecified atom stereocenters. The van der Waals surface area contributed by atoms with E-state index in [0.29, 0.717) is 12.0 Å². The first-order valence-corrected chi connectivity index (χ1v) is 9.50. The van der Waals surface area contributed by atoms with Crippen molar-refractivity contribution < 1.29 is 0 Å². The van der Waals surface area contributed by atoms with Gasteiger partial charge in [0.05, 0.1) is 0 Å². The van der Waals surface area contributed by atoms with E-state index in [1.165, 1.54) is 42.7 Å². The lowest BCUT2D eigenvalue weighted by Gasteiger charge is -2.48. The first kappa shape index (κ1) is 19.1. The second kappa shape index (κ2) is 7.74. The summed E-state index contributed by atoms with van der Waals surface area (Å²) >= 11 is 0. The lowest BCUT2D eigenvalue weighted by molar-refractivity contribution is 0.125. The van der Waals surface area contributed by atoms with Crippen molar-refractivity contribution in [2.75, 3.05) is 24.5 Å². The van der Waals surface area contributed by atoms with Crippen LogP contribution in [0.3, 0.4) is 0 Å². The first-order chi connectivity index (χ1) is 11.3. The summed E-state index contributed by atoms with van der Waals surface area (Å²) < 4.78 is 0. The van der Waals surface area contributed by atoms with Crippen LogP contribution in [0.1, 0.15) is 51.7 Å². The van der Waals surface area contributed by atoms with Crippen molar-refractivity contribution in [2.45, 2.75) is 60.4 Å². The summed E-state index contributed by atoms with van der Waals surface area (Å²) in [5.74, 6) is 0.632. The predicted molar refractivity (Wildman–Crippen MR) is 107 cm³/mol. The van der Waals surface area contributed by atoms with E-state index in [1.54, 1.807) is 0 Å². The average molecular weight is 329 g/mol. The maximum atomic E-state index is 4.18. The predicted octanol–water partition coefficient (Wildman–Crippen LogP) is 5.40. The molecule has 0 aromatic heterocycles. The number of aryl methyl sites for hydroxylation is 2. The van der Waals surface area contributed by atoms with Crippen LogP contribution in [0.15, 0.2) is 31.0 Å². The minimum Gasteiger partial charge on any atom is -0.344 e. The van der Waals surface area contributed by atoms with E-state index in [2.05, 4.69) is 82.3 Å². The number of anilines is 1. The molecule has 1 heterocycles. The van der Waals surface area contributed by atoms with Gasteiger partial charge < -0.3 is 9.80 Å². The van der Waals surface area contributed by atoms with Gasteiger partial charge in [-0.25, -0.2) is 0 Å². The topological polar surface area (TPSA) is 6.48 Å². The fraction of sp³-hybridized carbons (Fsp3) is 0.636. The molecule has 1 aromatic carbocycles. The largest absolute Gasteiger partial charge is 0.344 e. The Hall–Kier alpha value is -1.28. The molecule has 2 nitrogen and oxygen atoms in total. The molecular formula is C22H36N2. The highest BCUT2D eigenvalue weighted by Gasteiger charge is 2.39. The normalized spacial score (nSPS) is 24.9. The van der Waals surface area contributed by atoms with Crippen LogP contribution in [-0.2, 0) is 0 Å². The zero-order chi connectivity index (χ0) is 17.9. The SMILES string of the molecule is C=CN(c1ccc(C)cc1C)C1C(C)CCN(CC)CCC1(C)C. The summed E-state index contributed by atoms with van der Waals surface area (Å²) in [5.41, 5.74) is 4.23. The van der Waals surface area contributed by atoms with Crippen molar-refractivity contribution in [1.82, 2.24) is 4.90 Å². The first-order valence-electron chi connectivity index (χ1n) is 9.50. The molecule has 1 aromatic rings. The van der Waals surface area contributed by atoms with Gasteiger partial charge in [0.1, 0.15) is 0 Å². The van der Waals surface area contributed by atoms with Gasteiger partial charge in [0.15, 0.2) is 0 Å². The molecule has 0 spiro atoms. The Labute approximate surface area is 149 Å². The number of likely N-dealkylation sites (tertiary alicyclic amines) is 1. The van der Waals surface area contributed by atoms with Crippen molar-refractivity contribution in [3.05, 3.63) is 42.1 Å². The van der Waals surface area contributed by atoms with Gasteiger partial charge in [-0.2, -0.15) is 0 Å². The lowest BCUT2D eigenvalue weighted by atomic mass is 9.72. The zero-order valence-corrected chi connectivity index (χ0v) is 16.6. The molecular weight excluding hydrogens is 292 g/mol. The van der Waals surface area contributed by atoms with Crippen molar-refractivity contribution >= 4 is 5.69 Å². The highest BCUT2D eigenvalue weighted by molar-refractivity contribution is 5.57. The molecule has 1 saturated heterocycles. The van der Waals surface area contributed by atoms with E-state index in [1.807, 2.05) is 0 Å². The van der Waals surface area contributed by atoms with Gasteiger partial charge in [-0.05, 0) is 75.5 Å². The van der Waals surface area contributed by atoms with Crippen molar-refractivity contribution in [3.8, 4) is 0 Å². The van der Waals surface area contributed by atoms with E-state index in [4.69, 9.17) is 0 Å². The number of benzene rings is 1. The second-order valence-electron chi connectivity index (χ2n) is 8.26. The fourth-order valence-corrected chi connectivity index (χ4v) is 4.44. The molecule has 134 valence electrons. The summed E-state index contributed by atoms with van der Waals surface area (Å²) in [6.07, 6.45) is 4.53. The quantitative estimate of drug-likeness (QED) is 0.730. The Balaban J connectivity index is 2.38. The summed E-state index contributed by atoms with van der Waals surface area (Å²) in [4.78, 5) is 5.06. The van der Waals surface area contributed by atoms with E-state index in [-0.39, 0.29) is 5.41 Å². The molecule has 1 aliphatic rings. The Morgan fingerprint density at radius 1 is 1.29 bits per heavy atom. The highest BCUT2D eigenvalue weighted by Crippen LogP contribution is 2.40. The van der Waals surface area contributed by atoms with Crippen LogP contribution in [-0.4, -0.2) is 30.6 Å². The molecule has 0 bridgehead atoms. The maximum absolute atomic E-state index is 4.18. The molecule has 0 aliphatic carbocycles. The minimum absolute atomic E-state index is 0.249. The second-order valence-corrected chi connectivity index (χ2v) is 8.26. The monoisotopic (exact) mass is 328 g/mol. The molecule has 0 saturated carbocycles. The van der Waals surface area contributed by atoms with Crippen LogP contribution in [0.2, 0.25) is 0 Å². The van der Waals surface area contributed by atoms with Gasteiger partial charge in [-0.1, -0.05) is 52.0 Å². The summed E-state index contributed by atoms with van der Waals surface area (Å²) in [5, 5.41) is 0. The molecule has 0 N–H and O–H groups in total. The number of rotatable bonds is 4. The van der Waals surface area contributed by atoms with Gasteiger partial charge in [0, 0.05) is 11.7 Å². The lowest BCUT2D eigenvalue weighted by Crippen LogP contribution is -2.51. The smallest absolute Gasteiger partial charge is 0.0438 e.